The Labute approximate surface area is 132 Å². The molecule has 1 N–H and O–H groups in total. The summed E-state index contributed by atoms with van der Waals surface area (Å²) in [5.74, 6) is 2.14. The molecule has 0 fully saturated rings. The molecular weight excluding hydrogens is 282 g/mol. The van der Waals surface area contributed by atoms with Gasteiger partial charge in [0.25, 0.3) is 0 Å². The molecule has 2 rings (SSSR count). The molecule has 2 aromatic carbocycles. The molecule has 0 amide bonds. The van der Waals surface area contributed by atoms with Gasteiger partial charge in [-0.25, -0.2) is 0 Å². The number of hydrogen-bond donors (Lipinski definition) is 1. The van der Waals surface area contributed by atoms with Gasteiger partial charge in [0.1, 0.15) is 11.5 Å². The first kappa shape index (κ1) is 15.9. The Hall–Kier alpha value is -1.51. The molecule has 0 aromatic heterocycles. The van der Waals surface area contributed by atoms with Crippen molar-refractivity contribution in [1.29, 1.82) is 0 Å². The Morgan fingerprint density at radius 3 is 2.67 bits per heavy atom. The summed E-state index contributed by atoms with van der Waals surface area (Å²) in [6.45, 7) is 8.13. The van der Waals surface area contributed by atoms with Crippen molar-refractivity contribution in [2.24, 2.45) is 0 Å². The smallest absolute Gasteiger partial charge is 0.133 e. The van der Waals surface area contributed by atoms with Crippen molar-refractivity contribution < 1.29 is 4.74 Å². The van der Waals surface area contributed by atoms with Crippen LogP contribution in [0.4, 0.5) is 0 Å². The van der Waals surface area contributed by atoms with E-state index in [9.17, 15) is 0 Å². The topological polar surface area (TPSA) is 21.3 Å². The van der Waals surface area contributed by atoms with Gasteiger partial charge in [0.15, 0.2) is 0 Å². The first-order valence-corrected chi connectivity index (χ1v) is 7.75. The molecule has 0 aliphatic rings. The zero-order chi connectivity index (χ0) is 15.2. The van der Waals surface area contributed by atoms with Crippen LogP contribution in [0.25, 0.3) is 0 Å². The maximum absolute atomic E-state index is 6.10. The van der Waals surface area contributed by atoms with Gasteiger partial charge in [-0.3, -0.25) is 0 Å². The molecule has 0 saturated carbocycles. The second kappa shape index (κ2) is 7.48. The number of hydrogen-bond acceptors (Lipinski definition) is 2. The zero-order valence-electron chi connectivity index (χ0n) is 12.8. The van der Waals surface area contributed by atoms with Crippen molar-refractivity contribution in [3.63, 3.8) is 0 Å². The van der Waals surface area contributed by atoms with Crippen LogP contribution in [-0.2, 0) is 6.54 Å². The van der Waals surface area contributed by atoms with Gasteiger partial charge in [-0.1, -0.05) is 50.6 Å². The highest BCUT2D eigenvalue weighted by Gasteiger charge is 2.07. The van der Waals surface area contributed by atoms with E-state index in [-0.39, 0.29) is 0 Å². The van der Waals surface area contributed by atoms with Crippen LogP contribution in [0.2, 0.25) is 5.02 Å². The summed E-state index contributed by atoms with van der Waals surface area (Å²) in [6, 6.07) is 14.0. The molecule has 0 saturated heterocycles. The Kier molecular flexibility index (Phi) is 5.66. The summed E-state index contributed by atoms with van der Waals surface area (Å²) in [5.41, 5.74) is 2.37. The summed E-state index contributed by atoms with van der Waals surface area (Å²) in [4.78, 5) is 0. The molecule has 0 unspecified atom stereocenters. The maximum atomic E-state index is 6.10. The summed E-state index contributed by atoms with van der Waals surface area (Å²) in [7, 11) is 0. The minimum Gasteiger partial charge on any atom is -0.457 e. The van der Waals surface area contributed by atoms with Gasteiger partial charge in [-0.2, -0.15) is 0 Å². The lowest BCUT2D eigenvalue weighted by Gasteiger charge is -2.13. The number of rotatable bonds is 6. The lowest BCUT2D eigenvalue weighted by Crippen LogP contribution is -2.12. The fraction of sp³-hybridized carbons (Fsp3) is 0.333. The maximum Gasteiger partial charge on any atom is 0.133 e. The molecule has 0 atom stereocenters. The highest BCUT2D eigenvalue weighted by molar-refractivity contribution is 6.30. The molecule has 0 bridgehead atoms. The first-order valence-electron chi connectivity index (χ1n) is 7.37. The minimum atomic E-state index is 0.481. The van der Waals surface area contributed by atoms with E-state index in [2.05, 4.69) is 38.2 Å². The second-order valence-corrected chi connectivity index (χ2v) is 5.80. The van der Waals surface area contributed by atoms with E-state index < -0.39 is 0 Å². The van der Waals surface area contributed by atoms with Crippen LogP contribution in [0.1, 0.15) is 37.8 Å². The lowest BCUT2D eigenvalue weighted by molar-refractivity contribution is 0.472. The van der Waals surface area contributed by atoms with Crippen molar-refractivity contribution in [1.82, 2.24) is 5.32 Å². The van der Waals surface area contributed by atoms with Crippen molar-refractivity contribution in [3.8, 4) is 11.5 Å². The van der Waals surface area contributed by atoms with Crippen molar-refractivity contribution >= 4 is 11.6 Å². The summed E-state index contributed by atoms with van der Waals surface area (Å²) in [6.07, 6.45) is 0. The Morgan fingerprint density at radius 1 is 1.14 bits per heavy atom. The average Bonchev–Trinajstić information content (AvgIpc) is 2.47. The van der Waals surface area contributed by atoms with Crippen LogP contribution in [-0.4, -0.2) is 6.54 Å². The molecule has 112 valence electrons. The number of halogens is 1. The van der Waals surface area contributed by atoms with Crippen molar-refractivity contribution in [2.45, 2.75) is 33.2 Å². The normalized spacial score (nSPS) is 10.9. The third-order valence-corrected chi connectivity index (χ3v) is 3.58. The molecule has 0 radical (unpaired) electrons. The molecule has 0 aliphatic heterocycles. The lowest BCUT2D eigenvalue weighted by atomic mass is 10.0. The highest BCUT2D eigenvalue weighted by Crippen LogP contribution is 2.30. The standard InChI is InChI=1S/C18H22ClNO/c1-4-20-12-15-8-9-16(19)11-18(15)21-17-7-5-6-14(10-17)13(2)3/h5-11,13,20H,4,12H2,1-3H3. The van der Waals surface area contributed by atoms with Gasteiger partial charge >= 0.3 is 0 Å². The Bertz CT molecular complexity index is 596. The number of ether oxygens (including phenoxy) is 1. The van der Waals surface area contributed by atoms with Crippen LogP contribution >= 0.6 is 11.6 Å². The predicted molar refractivity (Wildman–Crippen MR) is 89.4 cm³/mol. The van der Waals surface area contributed by atoms with E-state index in [0.29, 0.717) is 10.9 Å². The molecule has 2 nitrogen and oxygen atoms in total. The van der Waals surface area contributed by atoms with Gasteiger partial charge in [-0.15, -0.1) is 0 Å². The monoisotopic (exact) mass is 303 g/mol. The third kappa shape index (κ3) is 4.48. The van der Waals surface area contributed by atoms with E-state index in [0.717, 1.165) is 30.2 Å². The third-order valence-electron chi connectivity index (χ3n) is 3.35. The summed E-state index contributed by atoms with van der Waals surface area (Å²) < 4.78 is 6.05. The number of benzene rings is 2. The summed E-state index contributed by atoms with van der Waals surface area (Å²) in [5, 5.41) is 4.00. The predicted octanol–water partition coefficient (Wildman–Crippen LogP) is 5.37. The van der Waals surface area contributed by atoms with E-state index in [1.165, 1.54) is 5.56 Å². The Morgan fingerprint density at radius 2 is 1.95 bits per heavy atom. The van der Waals surface area contributed by atoms with Crippen LogP contribution < -0.4 is 10.1 Å². The largest absolute Gasteiger partial charge is 0.457 e. The molecule has 3 heteroatoms. The molecule has 0 aliphatic carbocycles. The molecular formula is C18H22ClNO. The first-order chi connectivity index (χ1) is 10.1. The van der Waals surface area contributed by atoms with E-state index in [1.807, 2.05) is 30.3 Å². The van der Waals surface area contributed by atoms with Gasteiger partial charge in [-0.05, 0) is 42.3 Å². The Balaban J connectivity index is 2.25. The SMILES string of the molecule is CCNCc1ccc(Cl)cc1Oc1cccc(C(C)C)c1. The van der Waals surface area contributed by atoms with Crippen LogP contribution in [0.3, 0.4) is 0 Å². The van der Waals surface area contributed by atoms with Crippen LogP contribution in [0, 0.1) is 0 Å². The van der Waals surface area contributed by atoms with E-state index in [1.54, 1.807) is 0 Å². The van der Waals surface area contributed by atoms with Crippen LogP contribution in [0.15, 0.2) is 42.5 Å². The molecule has 0 spiro atoms. The van der Waals surface area contributed by atoms with Crippen LogP contribution in [0.5, 0.6) is 11.5 Å². The van der Waals surface area contributed by atoms with Crippen molar-refractivity contribution in [2.75, 3.05) is 6.54 Å². The fourth-order valence-electron chi connectivity index (χ4n) is 2.09. The van der Waals surface area contributed by atoms with Crippen molar-refractivity contribution in [3.05, 3.63) is 58.6 Å². The highest BCUT2D eigenvalue weighted by atomic mass is 35.5. The molecule has 21 heavy (non-hydrogen) atoms. The zero-order valence-corrected chi connectivity index (χ0v) is 13.6. The van der Waals surface area contributed by atoms with E-state index >= 15 is 0 Å². The fourth-order valence-corrected chi connectivity index (χ4v) is 2.26. The average molecular weight is 304 g/mol. The molecule has 0 heterocycles. The minimum absolute atomic E-state index is 0.481. The number of nitrogens with one attached hydrogen (secondary N) is 1. The van der Waals surface area contributed by atoms with Gasteiger partial charge in [0.05, 0.1) is 0 Å². The second-order valence-electron chi connectivity index (χ2n) is 5.36. The van der Waals surface area contributed by atoms with Gasteiger partial charge < -0.3 is 10.1 Å². The quantitative estimate of drug-likeness (QED) is 0.775. The van der Waals surface area contributed by atoms with Gasteiger partial charge in [0, 0.05) is 17.1 Å². The van der Waals surface area contributed by atoms with Gasteiger partial charge in [0.2, 0.25) is 0 Å². The summed E-state index contributed by atoms with van der Waals surface area (Å²) >= 11 is 6.10. The van der Waals surface area contributed by atoms with E-state index in [4.69, 9.17) is 16.3 Å². The molecule has 2 aromatic rings.